The number of nitrogens with one attached hydrogen (secondary N) is 1. The van der Waals surface area contributed by atoms with Crippen LogP contribution in [0.25, 0.3) is 0 Å². The van der Waals surface area contributed by atoms with Crippen LogP contribution in [0.4, 0.5) is 0 Å². The number of hydrogen-bond donors (Lipinski definition) is 1. The standard InChI is InChI=1S/C19H33NO3/c1-12(2)16(20-17(21)13(3)4)18(22)23-15-10-8-14(9-11-15)19(5,6)7/h12,14-16H,3,8-11H2,1-2,4-7H3,(H,20,21)/t14-,15-,16-/m0/s1. The predicted octanol–water partition coefficient (Wildman–Crippen LogP) is 3.85. The smallest absolute Gasteiger partial charge is 0.329 e. The molecule has 23 heavy (non-hydrogen) atoms. The molecule has 4 heteroatoms. The molecule has 1 fully saturated rings. The van der Waals surface area contributed by atoms with E-state index in [2.05, 4.69) is 32.7 Å². The van der Waals surface area contributed by atoms with Gasteiger partial charge < -0.3 is 10.1 Å². The van der Waals surface area contributed by atoms with Gasteiger partial charge in [-0.1, -0.05) is 41.2 Å². The van der Waals surface area contributed by atoms with E-state index in [1.54, 1.807) is 6.92 Å². The Morgan fingerprint density at radius 2 is 1.65 bits per heavy atom. The lowest BCUT2D eigenvalue weighted by Crippen LogP contribution is -2.46. The average Bonchev–Trinajstić information content (AvgIpc) is 2.43. The van der Waals surface area contributed by atoms with Crippen molar-refractivity contribution in [1.82, 2.24) is 5.32 Å². The van der Waals surface area contributed by atoms with Crippen LogP contribution in [0.3, 0.4) is 0 Å². The van der Waals surface area contributed by atoms with Crippen molar-refractivity contribution in [2.75, 3.05) is 0 Å². The molecule has 0 aromatic heterocycles. The third-order valence-corrected chi connectivity index (χ3v) is 4.78. The molecule has 0 saturated heterocycles. The molecule has 1 saturated carbocycles. The van der Waals surface area contributed by atoms with E-state index >= 15 is 0 Å². The van der Waals surface area contributed by atoms with Crippen molar-refractivity contribution in [2.24, 2.45) is 17.3 Å². The first-order valence-corrected chi connectivity index (χ1v) is 8.69. The van der Waals surface area contributed by atoms with Gasteiger partial charge in [0.1, 0.15) is 12.1 Å². The number of rotatable bonds is 5. The number of carbonyl (C=O) groups excluding carboxylic acids is 2. The van der Waals surface area contributed by atoms with Gasteiger partial charge in [0.25, 0.3) is 0 Å². The zero-order valence-corrected chi connectivity index (χ0v) is 15.6. The summed E-state index contributed by atoms with van der Waals surface area (Å²) in [7, 11) is 0. The van der Waals surface area contributed by atoms with Gasteiger partial charge in [0.2, 0.25) is 5.91 Å². The molecule has 0 aliphatic heterocycles. The number of amides is 1. The maximum Gasteiger partial charge on any atom is 0.329 e. The molecule has 1 amide bonds. The quantitative estimate of drug-likeness (QED) is 0.617. The van der Waals surface area contributed by atoms with Crippen LogP contribution in [0.5, 0.6) is 0 Å². The van der Waals surface area contributed by atoms with Crippen molar-refractivity contribution in [2.45, 2.75) is 79.4 Å². The second-order valence-corrected chi connectivity index (χ2v) is 8.25. The van der Waals surface area contributed by atoms with Crippen molar-refractivity contribution in [1.29, 1.82) is 0 Å². The second kappa shape index (κ2) is 7.98. The number of ether oxygens (including phenoxy) is 1. The predicted molar refractivity (Wildman–Crippen MR) is 92.9 cm³/mol. The van der Waals surface area contributed by atoms with Gasteiger partial charge >= 0.3 is 5.97 Å². The summed E-state index contributed by atoms with van der Waals surface area (Å²) in [5, 5.41) is 2.73. The highest BCUT2D eigenvalue weighted by molar-refractivity contribution is 5.95. The van der Waals surface area contributed by atoms with Crippen LogP contribution in [0, 0.1) is 17.3 Å². The number of carbonyl (C=O) groups is 2. The maximum absolute atomic E-state index is 12.4. The fourth-order valence-electron chi connectivity index (χ4n) is 3.05. The van der Waals surface area contributed by atoms with Crippen molar-refractivity contribution in [3.63, 3.8) is 0 Å². The SMILES string of the molecule is C=C(C)C(=O)N[C@H](C(=O)O[C@H]1CC[C@H](C(C)(C)C)CC1)C(C)C. The Balaban J connectivity index is 2.57. The first-order chi connectivity index (χ1) is 10.5. The van der Waals surface area contributed by atoms with E-state index in [0.29, 0.717) is 16.9 Å². The van der Waals surface area contributed by atoms with E-state index in [9.17, 15) is 9.59 Å². The summed E-state index contributed by atoms with van der Waals surface area (Å²) in [6.45, 7) is 15.9. The van der Waals surface area contributed by atoms with Gasteiger partial charge in [-0.2, -0.15) is 0 Å². The minimum absolute atomic E-state index is 0.0169. The Bertz CT molecular complexity index is 440. The summed E-state index contributed by atoms with van der Waals surface area (Å²) in [5.41, 5.74) is 0.708. The highest BCUT2D eigenvalue weighted by Crippen LogP contribution is 2.38. The summed E-state index contributed by atoms with van der Waals surface area (Å²) in [6.07, 6.45) is 3.97. The van der Waals surface area contributed by atoms with Gasteiger partial charge in [-0.25, -0.2) is 4.79 Å². The second-order valence-electron chi connectivity index (χ2n) is 8.25. The molecule has 0 bridgehead atoms. The molecule has 1 N–H and O–H groups in total. The molecule has 0 heterocycles. The minimum Gasteiger partial charge on any atom is -0.461 e. The zero-order chi connectivity index (χ0) is 17.8. The van der Waals surface area contributed by atoms with E-state index in [1.807, 2.05) is 13.8 Å². The zero-order valence-electron chi connectivity index (χ0n) is 15.6. The Morgan fingerprint density at radius 3 is 2.04 bits per heavy atom. The van der Waals surface area contributed by atoms with Crippen LogP contribution in [0.2, 0.25) is 0 Å². The third kappa shape index (κ3) is 6.00. The van der Waals surface area contributed by atoms with E-state index in [0.717, 1.165) is 25.7 Å². The number of hydrogen-bond acceptors (Lipinski definition) is 3. The van der Waals surface area contributed by atoms with Crippen LogP contribution in [0.1, 0.15) is 67.2 Å². The Morgan fingerprint density at radius 1 is 1.13 bits per heavy atom. The molecular formula is C19H33NO3. The lowest BCUT2D eigenvalue weighted by atomic mass is 9.72. The van der Waals surface area contributed by atoms with Crippen LogP contribution >= 0.6 is 0 Å². The lowest BCUT2D eigenvalue weighted by Gasteiger charge is -2.37. The van der Waals surface area contributed by atoms with Crippen LogP contribution in [-0.2, 0) is 14.3 Å². The summed E-state index contributed by atoms with van der Waals surface area (Å²) in [4.78, 5) is 24.2. The molecule has 1 aliphatic rings. The first kappa shape index (κ1) is 19.7. The molecule has 1 rings (SSSR count). The molecular weight excluding hydrogens is 290 g/mol. The van der Waals surface area contributed by atoms with Gasteiger partial charge in [0.05, 0.1) is 0 Å². The molecule has 0 spiro atoms. The summed E-state index contributed by atoms with van der Waals surface area (Å²) in [5.74, 6) is 0.0454. The van der Waals surface area contributed by atoms with E-state index in [4.69, 9.17) is 4.74 Å². The minimum atomic E-state index is -0.612. The molecule has 1 aliphatic carbocycles. The molecule has 1 atom stereocenters. The maximum atomic E-state index is 12.4. The van der Waals surface area contributed by atoms with Gasteiger partial charge in [-0.15, -0.1) is 0 Å². The van der Waals surface area contributed by atoms with Crippen LogP contribution in [0.15, 0.2) is 12.2 Å². The normalized spacial score (nSPS) is 23.3. The molecule has 0 radical (unpaired) electrons. The van der Waals surface area contributed by atoms with Crippen molar-refractivity contribution in [3.05, 3.63) is 12.2 Å². The fraction of sp³-hybridized carbons (Fsp3) is 0.789. The first-order valence-electron chi connectivity index (χ1n) is 8.69. The Hall–Kier alpha value is -1.32. The van der Waals surface area contributed by atoms with Gasteiger partial charge in [0.15, 0.2) is 0 Å². The largest absolute Gasteiger partial charge is 0.461 e. The van der Waals surface area contributed by atoms with Gasteiger partial charge in [-0.3, -0.25) is 4.79 Å². The highest BCUT2D eigenvalue weighted by atomic mass is 16.5. The number of esters is 1. The topological polar surface area (TPSA) is 55.4 Å². The van der Waals surface area contributed by atoms with Crippen molar-refractivity contribution < 1.29 is 14.3 Å². The monoisotopic (exact) mass is 323 g/mol. The lowest BCUT2D eigenvalue weighted by molar-refractivity contribution is -0.156. The fourth-order valence-corrected chi connectivity index (χ4v) is 3.05. The van der Waals surface area contributed by atoms with Gasteiger partial charge in [0, 0.05) is 5.57 Å². The molecule has 4 nitrogen and oxygen atoms in total. The molecule has 132 valence electrons. The van der Waals surface area contributed by atoms with E-state index in [1.165, 1.54) is 0 Å². The van der Waals surface area contributed by atoms with E-state index in [-0.39, 0.29) is 23.9 Å². The van der Waals surface area contributed by atoms with E-state index < -0.39 is 6.04 Å². The Labute approximate surface area is 141 Å². The molecule has 0 unspecified atom stereocenters. The average molecular weight is 323 g/mol. The third-order valence-electron chi connectivity index (χ3n) is 4.78. The van der Waals surface area contributed by atoms with Crippen molar-refractivity contribution >= 4 is 11.9 Å². The molecule has 0 aromatic carbocycles. The highest BCUT2D eigenvalue weighted by Gasteiger charge is 2.33. The van der Waals surface area contributed by atoms with Crippen LogP contribution < -0.4 is 5.32 Å². The van der Waals surface area contributed by atoms with Crippen molar-refractivity contribution in [3.8, 4) is 0 Å². The van der Waals surface area contributed by atoms with Gasteiger partial charge in [-0.05, 0) is 49.9 Å². The summed E-state index contributed by atoms with van der Waals surface area (Å²) >= 11 is 0. The molecule has 0 aromatic rings. The summed E-state index contributed by atoms with van der Waals surface area (Å²) < 4.78 is 5.67. The van der Waals surface area contributed by atoms with Crippen LogP contribution in [-0.4, -0.2) is 24.0 Å². The summed E-state index contributed by atoms with van der Waals surface area (Å²) in [6, 6.07) is -0.612. The Kier molecular flexibility index (Phi) is 6.84.